The van der Waals surface area contributed by atoms with Crippen LogP contribution in [0.4, 0.5) is 11.4 Å². The Morgan fingerprint density at radius 3 is 2.09 bits per heavy atom. The molecule has 9 aromatic rings. The predicted octanol–water partition coefficient (Wildman–Crippen LogP) is 12.0. The minimum atomic E-state index is 0.455. The SMILES string of the molecule is C=C1/C=c2/c3c(n(-c4ccccc4)/c2=C/N(c2ccccc2)c2ccc(-c4ccc5c(c4)c4ccccc4n5-c4cccc5ccccc45)cc21)C=CC(C)C3. The number of aromatic nitrogens is 2. The number of nitrogens with zero attached hydrogens (tertiary/aromatic N) is 3. The Bertz CT molecular complexity index is 3190. The Balaban J connectivity index is 1.12. The van der Waals surface area contributed by atoms with Crippen molar-refractivity contribution in [2.45, 2.75) is 13.3 Å². The van der Waals surface area contributed by atoms with Crippen LogP contribution in [0.1, 0.15) is 23.7 Å². The van der Waals surface area contributed by atoms with Crippen LogP contribution in [-0.2, 0) is 6.42 Å². The normalized spacial score (nSPS) is 16.1. The zero-order valence-electron chi connectivity index (χ0n) is 31.2. The van der Waals surface area contributed by atoms with Gasteiger partial charge in [0.1, 0.15) is 0 Å². The van der Waals surface area contributed by atoms with Crippen LogP contribution in [0.5, 0.6) is 0 Å². The van der Waals surface area contributed by atoms with E-state index in [1.54, 1.807) is 0 Å². The number of hydrogen-bond donors (Lipinski definition) is 0. The van der Waals surface area contributed by atoms with Gasteiger partial charge in [-0.2, -0.15) is 0 Å². The average molecular weight is 718 g/mol. The molecule has 0 amide bonds. The Kier molecular flexibility index (Phi) is 7.36. The number of rotatable bonds is 4. The van der Waals surface area contributed by atoms with E-state index in [9.17, 15) is 0 Å². The van der Waals surface area contributed by atoms with Crippen molar-refractivity contribution in [1.29, 1.82) is 0 Å². The molecule has 1 aliphatic heterocycles. The summed E-state index contributed by atoms with van der Waals surface area (Å²) in [5.41, 5.74) is 14.0. The van der Waals surface area contributed by atoms with Crippen LogP contribution >= 0.6 is 0 Å². The summed E-state index contributed by atoms with van der Waals surface area (Å²) in [7, 11) is 0. The first-order valence-corrected chi connectivity index (χ1v) is 19.5. The van der Waals surface area contributed by atoms with Crippen molar-refractivity contribution < 1.29 is 0 Å². The molecule has 7 aromatic carbocycles. The van der Waals surface area contributed by atoms with Crippen LogP contribution in [0.3, 0.4) is 0 Å². The molecule has 2 aliphatic rings. The van der Waals surface area contributed by atoms with Gasteiger partial charge in [0, 0.05) is 50.2 Å². The van der Waals surface area contributed by atoms with Crippen LogP contribution in [0.25, 0.3) is 79.0 Å². The van der Waals surface area contributed by atoms with Crippen LogP contribution < -0.4 is 15.5 Å². The molecule has 1 unspecified atom stereocenters. The summed E-state index contributed by atoms with van der Waals surface area (Å²) < 4.78 is 4.85. The molecule has 0 bridgehead atoms. The molecule has 11 rings (SSSR count). The number of hydrogen-bond acceptors (Lipinski definition) is 1. The zero-order valence-corrected chi connectivity index (χ0v) is 31.2. The highest BCUT2D eigenvalue weighted by Crippen LogP contribution is 2.40. The maximum absolute atomic E-state index is 4.79. The quantitative estimate of drug-likeness (QED) is 0.177. The lowest BCUT2D eigenvalue weighted by Crippen LogP contribution is -2.34. The smallest absolute Gasteiger partial charge is 0.0704 e. The fourth-order valence-electron chi connectivity index (χ4n) is 9.10. The summed E-state index contributed by atoms with van der Waals surface area (Å²) in [5, 5.41) is 7.37. The Morgan fingerprint density at radius 2 is 1.25 bits per heavy atom. The van der Waals surface area contributed by atoms with Gasteiger partial charge in [-0.15, -0.1) is 0 Å². The van der Waals surface area contributed by atoms with E-state index in [1.165, 1.54) is 60.3 Å². The minimum absolute atomic E-state index is 0.455. The molecule has 3 nitrogen and oxygen atoms in total. The molecule has 3 heterocycles. The van der Waals surface area contributed by atoms with E-state index < -0.39 is 0 Å². The molecule has 1 atom stereocenters. The molecule has 1 aliphatic carbocycles. The topological polar surface area (TPSA) is 13.1 Å². The third kappa shape index (κ3) is 5.05. The summed E-state index contributed by atoms with van der Waals surface area (Å²) in [5.74, 6) is 0.455. The molecule has 0 spiro atoms. The van der Waals surface area contributed by atoms with Crippen molar-refractivity contribution in [3.8, 4) is 22.5 Å². The largest absolute Gasteiger partial charge is 0.314 e. The number of fused-ring (bicyclic) bond motifs is 8. The van der Waals surface area contributed by atoms with Gasteiger partial charge in [0.25, 0.3) is 0 Å². The molecule has 0 N–H and O–H groups in total. The van der Waals surface area contributed by atoms with E-state index >= 15 is 0 Å². The van der Waals surface area contributed by atoms with E-state index in [0.29, 0.717) is 5.92 Å². The zero-order chi connectivity index (χ0) is 37.3. The van der Waals surface area contributed by atoms with Gasteiger partial charge in [0.05, 0.1) is 27.8 Å². The third-order valence-corrected chi connectivity index (χ3v) is 11.7. The van der Waals surface area contributed by atoms with Crippen molar-refractivity contribution in [3.05, 3.63) is 204 Å². The molecule has 3 heteroatoms. The summed E-state index contributed by atoms with van der Waals surface area (Å²) in [6.07, 6.45) is 10.3. The van der Waals surface area contributed by atoms with Crippen LogP contribution in [0.2, 0.25) is 0 Å². The average Bonchev–Trinajstić information content (AvgIpc) is 3.73. The second-order valence-electron chi connectivity index (χ2n) is 15.2. The Morgan fingerprint density at radius 1 is 0.571 bits per heavy atom. The Labute approximate surface area is 326 Å². The lowest BCUT2D eigenvalue weighted by atomic mass is 9.92. The number of para-hydroxylation sites is 3. The van der Waals surface area contributed by atoms with Crippen molar-refractivity contribution >= 4 is 67.9 Å². The highest BCUT2D eigenvalue weighted by atomic mass is 15.1. The van der Waals surface area contributed by atoms with Gasteiger partial charge >= 0.3 is 0 Å². The molecular formula is C53H39N3. The van der Waals surface area contributed by atoms with Crippen molar-refractivity contribution in [1.82, 2.24) is 9.13 Å². The van der Waals surface area contributed by atoms with E-state index in [0.717, 1.165) is 45.5 Å². The monoisotopic (exact) mass is 717 g/mol. The number of benzene rings is 7. The first-order chi connectivity index (χ1) is 27.6. The summed E-state index contributed by atoms with van der Waals surface area (Å²) in [6, 6.07) is 59.4. The van der Waals surface area contributed by atoms with Crippen molar-refractivity contribution in [2.24, 2.45) is 5.92 Å². The number of allylic oxidation sites excluding steroid dienone is 2. The van der Waals surface area contributed by atoms with Crippen molar-refractivity contribution in [3.63, 3.8) is 0 Å². The van der Waals surface area contributed by atoms with E-state index in [4.69, 9.17) is 6.58 Å². The van der Waals surface area contributed by atoms with Gasteiger partial charge < -0.3 is 14.0 Å². The second kappa shape index (κ2) is 12.8. The van der Waals surface area contributed by atoms with E-state index in [-0.39, 0.29) is 0 Å². The van der Waals surface area contributed by atoms with Crippen LogP contribution in [0.15, 0.2) is 176 Å². The highest BCUT2D eigenvalue weighted by molar-refractivity contribution is 6.12. The lowest BCUT2D eigenvalue weighted by molar-refractivity contribution is 0.712. The second-order valence-corrected chi connectivity index (χ2v) is 15.2. The first kappa shape index (κ1) is 32.3. The van der Waals surface area contributed by atoms with E-state index in [1.807, 2.05) is 0 Å². The standard InChI is InChI=1S/C53H39N3/c1-35-24-27-51-45(30-35)46-31-36(2)44-32-38(25-28-48(44)54(40-16-5-3-6-17-40)34-53(46)55(51)41-18-7-4-8-19-41)39-26-29-52-47(33-39)43-21-11-12-22-50(43)56(52)49-23-13-15-37-14-9-10-20-42(37)49/h3-29,31-35H,2,30H2,1H3/b46-31-,53-34+. The molecule has 2 aromatic heterocycles. The molecular weight excluding hydrogens is 679 g/mol. The highest BCUT2D eigenvalue weighted by Gasteiger charge is 2.24. The predicted molar refractivity (Wildman–Crippen MR) is 237 cm³/mol. The fourth-order valence-corrected chi connectivity index (χ4v) is 9.10. The van der Waals surface area contributed by atoms with Crippen LogP contribution in [-0.4, -0.2) is 9.13 Å². The molecule has 0 radical (unpaired) electrons. The molecule has 56 heavy (non-hydrogen) atoms. The summed E-state index contributed by atoms with van der Waals surface area (Å²) >= 11 is 0. The van der Waals surface area contributed by atoms with Gasteiger partial charge in [-0.1, -0.05) is 123 Å². The van der Waals surface area contributed by atoms with Gasteiger partial charge in [-0.05, 0) is 113 Å². The first-order valence-electron chi connectivity index (χ1n) is 19.5. The maximum Gasteiger partial charge on any atom is 0.0704 e. The maximum atomic E-state index is 4.79. The van der Waals surface area contributed by atoms with Gasteiger partial charge in [0.2, 0.25) is 0 Å². The minimum Gasteiger partial charge on any atom is -0.314 e. The summed E-state index contributed by atoms with van der Waals surface area (Å²) in [4.78, 5) is 2.36. The third-order valence-electron chi connectivity index (χ3n) is 11.7. The molecule has 0 saturated carbocycles. The summed E-state index contributed by atoms with van der Waals surface area (Å²) in [6.45, 7) is 7.10. The Hall–Kier alpha value is -7.10. The molecule has 0 fully saturated rings. The number of anilines is 2. The van der Waals surface area contributed by atoms with Gasteiger partial charge in [-0.3, -0.25) is 0 Å². The lowest BCUT2D eigenvalue weighted by Gasteiger charge is -2.26. The fraction of sp³-hybridized carbons (Fsp3) is 0.0566. The van der Waals surface area contributed by atoms with Gasteiger partial charge in [-0.25, -0.2) is 0 Å². The van der Waals surface area contributed by atoms with Gasteiger partial charge in [0.15, 0.2) is 0 Å². The molecule has 0 saturated heterocycles. The van der Waals surface area contributed by atoms with Crippen LogP contribution in [0, 0.1) is 5.92 Å². The molecule has 266 valence electrons. The van der Waals surface area contributed by atoms with Crippen molar-refractivity contribution in [2.75, 3.05) is 4.90 Å². The van der Waals surface area contributed by atoms with E-state index in [2.05, 4.69) is 209 Å².